The maximum Gasteiger partial charge on any atom is 3.00 e. The molecular weight excluding hydrogens is 1070 g/mol. The maximum absolute atomic E-state index is 5.67. The summed E-state index contributed by atoms with van der Waals surface area (Å²) in [4.78, 5) is 22.5. The predicted molar refractivity (Wildman–Crippen MR) is 337 cm³/mol. The third-order valence-corrected chi connectivity index (χ3v) is 17.4. The molecule has 0 atom stereocenters. The first-order valence-electron chi connectivity index (χ1n) is 29.7. The van der Waals surface area contributed by atoms with Crippen molar-refractivity contribution in [3.8, 4) is 45.0 Å². The standard InChI is InChI=1S/C74H72N8.CH3.Co/c1-79-39-31-51(32-40-79)15-9-19-55(20-10-16-52-33-41-80(2)42-34-52)57-27-13-29-63-69-47-65-60-24-6-8-26-62(60)68(76-65)50-72-74-58(56(21-11-17-53-35-43-81(3)44-36-53)22-12-18-54-37-45-82(4)46-38-54)28-14-30-64(74)70(78-72)48-66-59-23-5-7-25-61(59)67(75-66)49-71(77-69)73(57)63;;/h5-8,13-14,23-50,55-56H,9-12,15-22H2,1-4H3;1H3;/q+2;-1;+3. The van der Waals surface area contributed by atoms with Crippen LogP contribution in [0.5, 0.6) is 0 Å². The van der Waals surface area contributed by atoms with Gasteiger partial charge in [-0.05, 0) is 168 Å². The van der Waals surface area contributed by atoms with E-state index in [0.717, 1.165) is 155 Å². The molecule has 0 aliphatic carbocycles. The van der Waals surface area contributed by atoms with Crippen LogP contribution in [-0.2, 0) is 70.7 Å². The van der Waals surface area contributed by atoms with Crippen LogP contribution in [-0.4, -0.2) is 9.97 Å². The first-order valence-corrected chi connectivity index (χ1v) is 29.7. The summed E-state index contributed by atoms with van der Waals surface area (Å²) < 4.78 is 8.46. The molecule has 420 valence electrons. The van der Waals surface area contributed by atoms with Gasteiger partial charge in [-0.25, -0.2) is 28.2 Å². The number of hydrogen-bond donors (Lipinski definition) is 0. The minimum absolute atomic E-state index is 0. The smallest absolute Gasteiger partial charge is 0.657 e. The van der Waals surface area contributed by atoms with Crippen molar-refractivity contribution in [3.05, 3.63) is 248 Å². The third kappa shape index (κ3) is 12.3. The molecule has 0 N–H and O–H groups in total. The van der Waals surface area contributed by atoms with Gasteiger partial charge < -0.3 is 17.4 Å². The van der Waals surface area contributed by atoms with Crippen LogP contribution in [0.25, 0.3) is 88.6 Å². The van der Waals surface area contributed by atoms with Crippen molar-refractivity contribution in [2.24, 2.45) is 28.2 Å². The Kier molecular flexibility index (Phi) is 17.5. The van der Waals surface area contributed by atoms with Gasteiger partial charge >= 0.3 is 16.8 Å². The van der Waals surface area contributed by atoms with Gasteiger partial charge in [0.1, 0.15) is 28.2 Å². The van der Waals surface area contributed by atoms with E-state index in [0.29, 0.717) is 11.8 Å². The molecule has 0 fully saturated rings. The Morgan fingerprint density at radius 2 is 0.619 bits per heavy atom. The molecule has 2 aliphatic rings. The molecule has 9 heterocycles. The molecule has 0 radical (unpaired) electrons. The molecular formula is C75H75CoN8+4. The van der Waals surface area contributed by atoms with Crippen molar-refractivity contribution in [1.29, 1.82) is 0 Å². The number of pyridine rings is 4. The van der Waals surface area contributed by atoms with E-state index in [2.05, 4.69) is 254 Å². The van der Waals surface area contributed by atoms with Crippen molar-refractivity contribution < 1.29 is 35.0 Å². The summed E-state index contributed by atoms with van der Waals surface area (Å²) in [6, 6.07) is 58.4. The van der Waals surface area contributed by atoms with Crippen LogP contribution in [0, 0.1) is 7.43 Å². The van der Waals surface area contributed by atoms with Gasteiger partial charge in [0.15, 0.2) is 49.6 Å². The average molecular weight is 1150 g/mol. The monoisotopic (exact) mass is 1150 g/mol. The van der Waals surface area contributed by atoms with Crippen molar-refractivity contribution in [2.45, 2.75) is 88.9 Å². The third-order valence-electron chi connectivity index (χ3n) is 17.4. The molecule has 0 spiro atoms. The summed E-state index contributed by atoms with van der Waals surface area (Å²) in [6.45, 7) is 0. The molecule has 7 aromatic heterocycles. The second kappa shape index (κ2) is 25.6. The summed E-state index contributed by atoms with van der Waals surface area (Å²) >= 11 is 0. The minimum atomic E-state index is 0. The Morgan fingerprint density at radius 3 is 0.905 bits per heavy atom. The van der Waals surface area contributed by atoms with Crippen LogP contribution in [0.3, 0.4) is 0 Å². The summed E-state index contributed by atoms with van der Waals surface area (Å²) in [5.41, 5.74) is 20.1. The van der Waals surface area contributed by atoms with E-state index in [1.54, 1.807) is 0 Å². The predicted octanol–water partition coefficient (Wildman–Crippen LogP) is 14.6. The molecule has 8 nitrogen and oxygen atoms in total. The Hall–Kier alpha value is -8.37. The first kappa shape index (κ1) is 57.4. The van der Waals surface area contributed by atoms with Crippen molar-refractivity contribution >= 4 is 43.6 Å². The summed E-state index contributed by atoms with van der Waals surface area (Å²) in [5.74, 6) is 0.646. The fourth-order valence-corrected chi connectivity index (χ4v) is 13.0. The van der Waals surface area contributed by atoms with Crippen LogP contribution < -0.4 is 28.2 Å². The fraction of sp³-hybridized carbons (Fsp3) is 0.240. The Labute approximate surface area is 505 Å². The summed E-state index contributed by atoms with van der Waals surface area (Å²) in [7, 11) is 8.35. The van der Waals surface area contributed by atoms with E-state index < -0.39 is 0 Å². The molecule has 84 heavy (non-hydrogen) atoms. The van der Waals surface area contributed by atoms with Crippen LogP contribution in [0.1, 0.15) is 96.6 Å². The SMILES string of the molecule is C[n+]1ccc(CCCC(CCCc2cc[n+](C)cc2)c2cccc3c4cc5nc(cc6[n-]c(cc7nc(cc([n-]4)c23)-c2ccccc2-7)c2cccc(C(CCCc3cc[n+](C)cc3)CCCc3cc[n+](C)cc3)c62)-c2ccccc2-5)cc1.[CH3-].[Co+3]. The van der Waals surface area contributed by atoms with E-state index in [9.17, 15) is 0 Å². The van der Waals surface area contributed by atoms with Gasteiger partial charge in [0.2, 0.25) is 0 Å². The van der Waals surface area contributed by atoms with E-state index >= 15 is 0 Å². The van der Waals surface area contributed by atoms with Crippen molar-refractivity contribution in [3.63, 3.8) is 0 Å². The largest absolute Gasteiger partial charge is 3.00 e. The van der Waals surface area contributed by atoms with Crippen LogP contribution in [0.2, 0.25) is 0 Å². The normalized spacial score (nSPS) is 11.7. The van der Waals surface area contributed by atoms with Gasteiger partial charge in [0.25, 0.3) is 0 Å². The number of rotatable bonds is 18. The van der Waals surface area contributed by atoms with Crippen molar-refractivity contribution in [2.75, 3.05) is 0 Å². The maximum atomic E-state index is 5.67. The van der Waals surface area contributed by atoms with Gasteiger partial charge in [-0.1, -0.05) is 84.9 Å². The topological polar surface area (TPSA) is 69.5 Å². The van der Waals surface area contributed by atoms with Crippen LogP contribution in [0.15, 0.2) is 207 Å². The Balaban J connectivity index is 0.00000368. The molecule has 9 heteroatoms. The number of aromatic nitrogens is 8. The average Bonchev–Trinajstić information content (AvgIpc) is 2.04. The van der Waals surface area contributed by atoms with Gasteiger partial charge in [-0.3, -0.25) is 0 Å². The number of benzene rings is 4. The van der Waals surface area contributed by atoms with Crippen LogP contribution >= 0.6 is 0 Å². The van der Waals surface area contributed by atoms with E-state index in [4.69, 9.17) is 19.9 Å². The number of nitrogens with zero attached hydrogens (tertiary/aromatic N) is 8. The Bertz CT molecular complexity index is 3890. The molecule has 13 rings (SSSR count). The first-order chi connectivity index (χ1) is 40.2. The number of hydrogen-bond acceptors (Lipinski definition) is 2. The van der Waals surface area contributed by atoms with Gasteiger partial charge in [-0.15, -0.1) is 22.1 Å². The minimum Gasteiger partial charge on any atom is -0.657 e. The zero-order valence-electron chi connectivity index (χ0n) is 49.2. The van der Waals surface area contributed by atoms with Crippen LogP contribution in [0.4, 0.5) is 0 Å². The van der Waals surface area contributed by atoms with Gasteiger partial charge in [0, 0.05) is 70.8 Å². The summed E-state index contributed by atoms with van der Waals surface area (Å²) in [5, 5.41) is 4.73. The zero-order chi connectivity index (χ0) is 55.5. The van der Waals surface area contributed by atoms with E-state index in [1.807, 2.05) is 0 Å². The second-order valence-electron chi connectivity index (χ2n) is 23.2. The zero-order valence-corrected chi connectivity index (χ0v) is 50.2. The molecule has 8 bridgehead atoms. The summed E-state index contributed by atoms with van der Waals surface area (Å²) in [6.07, 6.45) is 30.1. The second-order valence-corrected chi connectivity index (χ2v) is 23.2. The Morgan fingerprint density at radius 1 is 0.345 bits per heavy atom. The quantitative estimate of drug-likeness (QED) is 0.0634. The molecule has 0 saturated carbocycles. The van der Waals surface area contributed by atoms with Gasteiger partial charge in [0.05, 0.1) is 22.8 Å². The van der Waals surface area contributed by atoms with E-state index in [-0.39, 0.29) is 24.2 Å². The molecule has 11 aromatic rings. The van der Waals surface area contributed by atoms with Crippen molar-refractivity contribution in [1.82, 2.24) is 19.9 Å². The molecule has 0 saturated heterocycles. The molecule has 4 aromatic carbocycles. The molecule has 0 unspecified atom stereocenters. The fourth-order valence-electron chi connectivity index (χ4n) is 13.0. The number of aryl methyl sites for hydroxylation is 8. The molecule has 2 aliphatic heterocycles. The van der Waals surface area contributed by atoms with Gasteiger partial charge in [-0.2, -0.15) is 0 Å². The number of fused-ring (bicyclic) bond motifs is 20. The van der Waals surface area contributed by atoms with E-state index in [1.165, 1.54) is 44.2 Å². The molecule has 0 amide bonds.